The molecule has 48 heavy (non-hydrogen) atoms. The number of hydrogen-bond acceptors (Lipinski definition) is 10. The van der Waals surface area contributed by atoms with Gasteiger partial charge in [-0.3, -0.25) is 10.1 Å². The van der Waals surface area contributed by atoms with E-state index in [1.165, 1.54) is 28.8 Å². The van der Waals surface area contributed by atoms with Gasteiger partial charge in [0.15, 0.2) is 13.5 Å². The van der Waals surface area contributed by atoms with Crippen molar-refractivity contribution in [3.8, 4) is 0 Å². The number of esters is 1. The first-order valence-corrected chi connectivity index (χ1v) is 25.4. The quantitative estimate of drug-likeness (QED) is 0.0458. The summed E-state index contributed by atoms with van der Waals surface area (Å²) in [6.45, 7) is 25.8. The Balaban J connectivity index is 2.51. The number of aliphatic imine (C=N–C) groups is 1. The van der Waals surface area contributed by atoms with E-state index >= 15 is 0 Å². The third-order valence-electron chi connectivity index (χ3n) is 8.28. The summed E-state index contributed by atoms with van der Waals surface area (Å²) in [6, 6.07) is 4.36. The van der Waals surface area contributed by atoms with Crippen molar-refractivity contribution in [2.75, 3.05) is 25.2 Å². The van der Waals surface area contributed by atoms with Gasteiger partial charge in [-0.25, -0.2) is 19.5 Å². The maximum atomic E-state index is 13.9. The number of benzene rings is 1. The molecule has 2 rings (SSSR count). The van der Waals surface area contributed by atoms with Crippen molar-refractivity contribution in [2.24, 2.45) is 4.99 Å². The van der Waals surface area contributed by atoms with Crippen molar-refractivity contribution in [2.45, 2.75) is 128 Å². The Labute approximate surface area is 298 Å². The lowest BCUT2D eigenvalue weighted by Crippen LogP contribution is -2.46. The molecule has 1 aromatic carbocycles. The molecule has 0 N–H and O–H groups in total. The number of hydrogen-bond donors (Lipinski definition) is 0. The predicted molar refractivity (Wildman–Crippen MR) is 204 cm³/mol. The Morgan fingerprint density at radius 2 is 1.67 bits per heavy atom. The van der Waals surface area contributed by atoms with Crippen LogP contribution >= 0.6 is 23.5 Å². The average Bonchev–Trinajstić information content (AvgIpc) is 2.93. The normalized spacial score (nSPS) is 16.1. The summed E-state index contributed by atoms with van der Waals surface area (Å²) in [5.74, 6) is 0.143. The highest BCUT2D eigenvalue weighted by molar-refractivity contribution is 8.13. The largest absolute Gasteiger partial charge is 0.463 e. The van der Waals surface area contributed by atoms with Gasteiger partial charge in [-0.05, 0) is 82.8 Å². The number of amides is 1. The number of non-ortho nitro benzene ring substituents is 1. The molecule has 0 saturated heterocycles. The van der Waals surface area contributed by atoms with E-state index in [9.17, 15) is 19.7 Å². The number of ether oxygens (including phenoxy) is 2. The topological polar surface area (TPSA) is 121 Å². The van der Waals surface area contributed by atoms with Crippen LogP contribution in [0, 0.1) is 10.1 Å². The molecule has 0 aromatic heterocycles. The van der Waals surface area contributed by atoms with E-state index in [4.69, 9.17) is 13.9 Å². The summed E-state index contributed by atoms with van der Waals surface area (Å²) in [7, 11) is -3.32. The van der Waals surface area contributed by atoms with Crippen LogP contribution in [0.5, 0.6) is 0 Å². The van der Waals surface area contributed by atoms with Gasteiger partial charge in [0.1, 0.15) is 11.6 Å². The van der Waals surface area contributed by atoms with Gasteiger partial charge < -0.3 is 13.9 Å². The molecule has 0 bridgehead atoms. The molecule has 0 saturated carbocycles. The summed E-state index contributed by atoms with van der Waals surface area (Å²) in [4.78, 5) is 46.1. The first-order valence-electron chi connectivity index (χ1n) is 16.6. The Morgan fingerprint density at radius 1 is 1.02 bits per heavy atom. The maximum Gasteiger partial charge on any atom is 0.417 e. The van der Waals surface area contributed by atoms with Gasteiger partial charge >= 0.3 is 12.1 Å². The molecule has 1 amide bonds. The van der Waals surface area contributed by atoms with E-state index in [2.05, 4.69) is 58.5 Å². The van der Waals surface area contributed by atoms with Crippen molar-refractivity contribution >= 4 is 62.8 Å². The molecule has 0 fully saturated rings. The van der Waals surface area contributed by atoms with Gasteiger partial charge in [-0.2, -0.15) is 0 Å². The van der Waals surface area contributed by atoms with Crippen molar-refractivity contribution in [1.29, 1.82) is 0 Å². The van der Waals surface area contributed by atoms with Crippen molar-refractivity contribution < 1.29 is 28.4 Å². The molecular formula is C34H57N3O7S2Si2. The summed E-state index contributed by atoms with van der Waals surface area (Å²) in [5, 5.41) is 12.5. The van der Waals surface area contributed by atoms with Crippen LogP contribution in [0.3, 0.4) is 0 Å². The van der Waals surface area contributed by atoms with Gasteiger partial charge in [0.05, 0.1) is 22.8 Å². The number of nitro benzene ring substituents is 1. The molecule has 1 aliphatic rings. The average molecular weight is 740 g/mol. The van der Waals surface area contributed by atoms with Crippen LogP contribution in [-0.4, -0.2) is 74.3 Å². The molecule has 1 atom stereocenters. The van der Waals surface area contributed by atoms with Crippen molar-refractivity contribution in [3.05, 3.63) is 45.1 Å². The number of carbonyl (C=O) groups is 2. The smallest absolute Gasteiger partial charge is 0.417 e. The minimum absolute atomic E-state index is 0.140. The lowest BCUT2D eigenvalue weighted by molar-refractivity contribution is -0.385. The van der Waals surface area contributed by atoms with Crippen LogP contribution in [0.25, 0.3) is 0 Å². The van der Waals surface area contributed by atoms with Gasteiger partial charge in [0.25, 0.3) is 5.69 Å². The van der Waals surface area contributed by atoms with E-state index in [-0.39, 0.29) is 22.9 Å². The first kappa shape index (κ1) is 42.0. The van der Waals surface area contributed by atoms with E-state index in [0.29, 0.717) is 16.4 Å². The highest BCUT2D eigenvalue weighted by atomic mass is 32.2. The highest BCUT2D eigenvalue weighted by Crippen LogP contribution is 2.44. The highest BCUT2D eigenvalue weighted by Gasteiger charge is 2.43. The lowest BCUT2D eigenvalue weighted by atomic mass is 9.94. The fraction of sp³-hybridized carbons (Fsp3) is 0.676. The molecule has 0 spiro atoms. The third kappa shape index (κ3) is 12.3. The first-order chi connectivity index (χ1) is 22.0. The number of thioether (sulfide) groups is 2. The van der Waals surface area contributed by atoms with Crippen LogP contribution in [0.4, 0.5) is 10.5 Å². The van der Waals surface area contributed by atoms with Crippen LogP contribution in [0.2, 0.25) is 43.8 Å². The number of nitro groups is 1. The van der Waals surface area contributed by atoms with E-state index in [0.717, 1.165) is 42.6 Å². The number of unbranched alkanes of at least 4 members (excludes halogenated alkanes) is 2. The zero-order chi connectivity index (χ0) is 36.7. The molecule has 1 aromatic rings. The standard InChI is InChI=1S/C34H57N3O7S2Si2/c1-24-28(30(38)42-20-22-47(9,10)11)29(36(31(35-24)45-8)32(39)44-33(2,3)4)26-23-25(37(40)41)17-18-27(26)46-21-16-14-15-19-43-48(12,13)34(5,6)7/h17-18,23,29H,14-16,19-22H2,1-13H3. The lowest BCUT2D eigenvalue weighted by Gasteiger charge is -2.37. The van der Waals surface area contributed by atoms with Gasteiger partial charge in [0, 0.05) is 37.3 Å². The van der Waals surface area contributed by atoms with Crippen molar-refractivity contribution in [3.63, 3.8) is 0 Å². The number of rotatable bonds is 14. The molecule has 1 heterocycles. The Hall–Kier alpha value is -2.14. The van der Waals surface area contributed by atoms with E-state index < -0.39 is 45.0 Å². The SMILES string of the molecule is CSC1=NC(C)=C(C(=O)OCC[Si](C)(C)C)C(c2cc([N+](=O)[O-])ccc2SCCCCCO[Si](C)(C)C(C)(C)C)N1C(=O)OC(C)(C)C. The monoisotopic (exact) mass is 739 g/mol. The van der Waals surface area contributed by atoms with Gasteiger partial charge in [0.2, 0.25) is 0 Å². The van der Waals surface area contributed by atoms with Crippen LogP contribution in [-0.2, 0) is 18.7 Å². The zero-order valence-electron chi connectivity index (χ0n) is 31.3. The Kier molecular flexibility index (Phi) is 15.1. The summed E-state index contributed by atoms with van der Waals surface area (Å²) >= 11 is 2.79. The number of nitrogens with zero attached hydrogens (tertiary/aromatic N) is 3. The molecule has 0 aliphatic carbocycles. The molecule has 0 radical (unpaired) electrons. The van der Waals surface area contributed by atoms with E-state index in [1.807, 2.05) is 0 Å². The molecule has 1 aliphatic heterocycles. The summed E-state index contributed by atoms with van der Waals surface area (Å²) < 4.78 is 18.0. The zero-order valence-corrected chi connectivity index (χ0v) is 34.9. The molecule has 1 unspecified atom stereocenters. The maximum absolute atomic E-state index is 13.9. The number of allylic oxidation sites excluding steroid dienone is 1. The minimum Gasteiger partial charge on any atom is -0.463 e. The third-order valence-corrected chi connectivity index (χ3v) is 16.4. The molecular weight excluding hydrogens is 683 g/mol. The summed E-state index contributed by atoms with van der Waals surface area (Å²) in [5.41, 5.74) is 0.0389. The Bertz CT molecular complexity index is 1380. The van der Waals surface area contributed by atoms with Gasteiger partial charge in [-0.15, -0.1) is 11.8 Å². The number of carbonyl (C=O) groups excluding carboxylic acids is 2. The molecule has 14 heteroatoms. The molecule has 270 valence electrons. The van der Waals surface area contributed by atoms with Crippen LogP contribution < -0.4 is 0 Å². The fourth-order valence-electron chi connectivity index (χ4n) is 4.52. The number of amidine groups is 1. The minimum atomic E-state index is -1.80. The van der Waals surface area contributed by atoms with Crippen LogP contribution in [0.1, 0.15) is 79.3 Å². The van der Waals surface area contributed by atoms with Crippen LogP contribution in [0.15, 0.2) is 39.4 Å². The Morgan fingerprint density at radius 3 is 2.21 bits per heavy atom. The summed E-state index contributed by atoms with van der Waals surface area (Å²) in [6.07, 6.45) is 3.90. The van der Waals surface area contributed by atoms with Gasteiger partial charge in [-0.1, -0.05) is 58.6 Å². The molecule has 10 nitrogen and oxygen atoms in total. The second kappa shape index (κ2) is 17.2. The second-order valence-corrected chi connectivity index (χ2v) is 28.1. The second-order valence-electron chi connectivity index (χ2n) is 15.8. The predicted octanol–water partition coefficient (Wildman–Crippen LogP) is 10.0. The van der Waals surface area contributed by atoms with Crippen molar-refractivity contribution in [1.82, 2.24) is 4.90 Å². The fourth-order valence-corrected chi connectivity index (χ4v) is 7.99. The van der Waals surface area contributed by atoms with E-state index in [1.54, 1.807) is 51.8 Å².